The third-order valence-electron chi connectivity index (χ3n) is 6.50. The Balaban J connectivity index is 1.67. The molecule has 0 spiro atoms. The van der Waals surface area contributed by atoms with Crippen LogP contribution in [0.15, 0.2) is 83.7 Å². The van der Waals surface area contributed by atoms with E-state index in [9.17, 15) is 9.18 Å². The van der Waals surface area contributed by atoms with Gasteiger partial charge in [0.2, 0.25) is 0 Å². The number of fused-ring (bicyclic) bond motifs is 4. The SMILES string of the molecule is Cc1nc2c(c(=O)n1[C@H](C)c1ccccc1)c1nc3ccccc3nc1n2Cc1ccc(F)cc1. The fourth-order valence-corrected chi connectivity index (χ4v) is 4.73. The van der Waals surface area contributed by atoms with Crippen molar-refractivity contribution in [3.05, 3.63) is 112 Å². The van der Waals surface area contributed by atoms with Gasteiger partial charge in [0.25, 0.3) is 5.56 Å². The Kier molecular flexibility index (Phi) is 4.91. The Morgan fingerprint density at radius 1 is 0.829 bits per heavy atom. The van der Waals surface area contributed by atoms with Crippen molar-refractivity contribution in [2.75, 3.05) is 0 Å². The highest BCUT2D eigenvalue weighted by Gasteiger charge is 2.23. The standard InChI is InChI=1S/C28H22FN5O/c1-17(20-8-4-3-5-9-20)34-18(2)30-26-24(28(34)35)25-27(32-23-11-7-6-10-22(23)31-25)33(26)16-19-12-14-21(29)15-13-19/h3-15,17H,16H2,1-2H3/t17-/m1/s1. The molecule has 0 aliphatic heterocycles. The first-order chi connectivity index (χ1) is 17.0. The third-order valence-corrected chi connectivity index (χ3v) is 6.50. The Morgan fingerprint density at radius 2 is 1.49 bits per heavy atom. The number of nitrogens with zero attached hydrogens (tertiary/aromatic N) is 5. The van der Waals surface area contributed by atoms with Crippen LogP contribution < -0.4 is 5.56 Å². The van der Waals surface area contributed by atoms with Crippen LogP contribution in [0.5, 0.6) is 0 Å². The van der Waals surface area contributed by atoms with Crippen LogP contribution in [0, 0.1) is 12.7 Å². The molecule has 3 heterocycles. The third kappa shape index (κ3) is 3.47. The zero-order valence-electron chi connectivity index (χ0n) is 19.3. The second kappa shape index (κ2) is 8.13. The molecular weight excluding hydrogens is 441 g/mol. The predicted molar refractivity (Wildman–Crippen MR) is 135 cm³/mol. The molecule has 172 valence electrons. The van der Waals surface area contributed by atoms with Crippen LogP contribution in [0.25, 0.3) is 33.2 Å². The molecule has 6 nitrogen and oxygen atoms in total. The lowest BCUT2D eigenvalue weighted by Crippen LogP contribution is -2.27. The average Bonchev–Trinajstić information content (AvgIpc) is 3.16. The van der Waals surface area contributed by atoms with E-state index in [0.717, 1.165) is 16.6 Å². The zero-order chi connectivity index (χ0) is 24.1. The monoisotopic (exact) mass is 463 g/mol. The molecular formula is C28H22FN5O. The molecule has 0 unspecified atom stereocenters. The summed E-state index contributed by atoms with van der Waals surface area (Å²) < 4.78 is 17.2. The van der Waals surface area contributed by atoms with Gasteiger partial charge in [0, 0.05) is 0 Å². The van der Waals surface area contributed by atoms with Crippen molar-refractivity contribution >= 4 is 33.2 Å². The van der Waals surface area contributed by atoms with Gasteiger partial charge in [-0.05, 0) is 49.2 Å². The van der Waals surface area contributed by atoms with E-state index in [0.29, 0.717) is 40.1 Å². The molecule has 35 heavy (non-hydrogen) atoms. The fraction of sp³-hybridized carbons (Fsp3) is 0.143. The molecule has 0 bridgehead atoms. The number of benzene rings is 3. The summed E-state index contributed by atoms with van der Waals surface area (Å²) in [6.45, 7) is 4.23. The molecule has 3 aromatic heterocycles. The van der Waals surface area contributed by atoms with Gasteiger partial charge in [-0.2, -0.15) is 0 Å². The van der Waals surface area contributed by atoms with Gasteiger partial charge in [0.05, 0.1) is 23.6 Å². The number of rotatable bonds is 4. The molecule has 0 fully saturated rings. The van der Waals surface area contributed by atoms with E-state index in [1.54, 1.807) is 16.7 Å². The first kappa shape index (κ1) is 21.2. The molecule has 0 amide bonds. The molecule has 0 saturated heterocycles. The Labute approximate surface area is 200 Å². The summed E-state index contributed by atoms with van der Waals surface area (Å²) in [6.07, 6.45) is 0. The molecule has 0 N–H and O–H groups in total. The van der Waals surface area contributed by atoms with Crippen LogP contribution in [-0.4, -0.2) is 24.1 Å². The number of hydrogen-bond donors (Lipinski definition) is 0. The molecule has 3 aromatic carbocycles. The van der Waals surface area contributed by atoms with Gasteiger partial charge in [-0.1, -0.05) is 54.6 Å². The van der Waals surface area contributed by atoms with Crippen molar-refractivity contribution in [2.24, 2.45) is 0 Å². The summed E-state index contributed by atoms with van der Waals surface area (Å²) in [7, 11) is 0. The van der Waals surface area contributed by atoms with E-state index in [-0.39, 0.29) is 17.4 Å². The maximum atomic E-state index is 14.0. The van der Waals surface area contributed by atoms with Gasteiger partial charge < -0.3 is 4.57 Å². The van der Waals surface area contributed by atoms with Crippen molar-refractivity contribution in [1.82, 2.24) is 24.1 Å². The van der Waals surface area contributed by atoms with E-state index in [1.807, 2.05) is 73.0 Å². The van der Waals surface area contributed by atoms with Gasteiger partial charge >= 0.3 is 0 Å². The minimum absolute atomic E-state index is 0.156. The highest BCUT2D eigenvalue weighted by molar-refractivity contribution is 6.04. The first-order valence-corrected chi connectivity index (χ1v) is 11.5. The first-order valence-electron chi connectivity index (χ1n) is 11.5. The van der Waals surface area contributed by atoms with E-state index < -0.39 is 0 Å². The van der Waals surface area contributed by atoms with Crippen LogP contribution >= 0.6 is 0 Å². The zero-order valence-corrected chi connectivity index (χ0v) is 19.3. The molecule has 7 heteroatoms. The minimum Gasteiger partial charge on any atom is -0.304 e. The summed E-state index contributed by atoms with van der Waals surface area (Å²) in [5.41, 5.74) is 4.81. The molecule has 0 aliphatic rings. The Bertz CT molecular complexity index is 1770. The summed E-state index contributed by atoms with van der Waals surface area (Å²) in [5.74, 6) is 0.306. The van der Waals surface area contributed by atoms with E-state index in [4.69, 9.17) is 15.0 Å². The second-order valence-corrected chi connectivity index (χ2v) is 8.72. The summed E-state index contributed by atoms with van der Waals surface area (Å²) in [5, 5.41) is 0.439. The molecule has 1 atom stereocenters. The lowest BCUT2D eigenvalue weighted by molar-refractivity contribution is 0.586. The van der Waals surface area contributed by atoms with Gasteiger partial charge in [-0.15, -0.1) is 0 Å². The highest BCUT2D eigenvalue weighted by atomic mass is 19.1. The Morgan fingerprint density at radius 3 is 2.20 bits per heavy atom. The predicted octanol–water partition coefficient (Wildman–Crippen LogP) is 5.40. The number of aromatic nitrogens is 5. The summed E-state index contributed by atoms with van der Waals surface area (Å²) in [6, 6.07) is 23.6. The fourth-order valence-electron chi connectivity index (χ4n) is 4.73. The second-order valence-electron chi connectivity index (χ2n) is 8.72. The van der Waals surface area contributed by atoms with Gasteiger partial charge in [0.1, 0.15) is 22.5 Å². The van der Waals surface area contributed by atoms with Gasteiger partial charge in [-0.3, -0.25) is 9.36 Å². The molecule has 0 radical (unpaired) electrons. The smallest absolute Gasteiger partial charge is 0.265 e. The topological polar surface area (TPSA) is 65.6 Å². The lowest BCUT2D eigenvalue weighted by atomic mass is 10.1. The van der Waals surface area contributed by atoms with E-state index in [2.05, 4.69) is 0 Å². The quantitative estimate of drug-likeness (QED) is 0.351. The normalized spacial score (nSPS) is 12.5. The molecule has 0 aliphatic carbocycles. The van der Waals surface area contributed by atoms with Crippen LogP contribution in [0.2, 0.25) is 0 Å². The van der Waals surface area contributed by atoms with Crippen molar-refractivity contribution in [3.63, 3.8) is 0 Å². The maximum absolute atomic E-state index is 14.0. The largest absolute Gasteiger partial charge is 0.304 e. The van der Waals surface area contributed by atoms with Crippen molar-refractivity contribution in [3.8, 4) is 0 Å². The number of hydrogen-bond acceptors (Lipinski definition) is 4. The van der Waals surface area contributed by atoms with Crippen LogP contribution in [-0.2, 0) is 6.54 Å². The number of aryl methyl sites for hydroxylation is 1. The molecule has 6 aromatic rings. The van der Waals surface area contributed by atoms with Crippen molar-refractivity contribution in [1.29, 1.82) is 0 Å². The van der Waals surface area contributed by atoms with E-state index in [1.165, 1.54) is 12.1 Å². The van der Waals surface area contributed by atoms with Crippen LogP contribution in [0.1, 0.15) is 29.9 Å². The average molecular weight is 464 g/mol. The molecule has 0 saturated carbocycles. The number of para-hydroxylation sites is 2. The summed E-state index contributed by atoms with van der Waals surface area (Å²) >= 11 is 0. The van der Waals surface area contributed by atoms with E-state index >= 15 is 0 Å². The number of halogens is 1. The van der Waals surface area contributed by atoms with Crippen LogP contribution in [0.4, 0.5) is 4.39 Å². The van der Waals surface area contributed by atoms with Crippen molar-refractivity contribution < 1.29 is 4.39 Å². The van der Waals surface area contributed by atoms with Gasteiger partial charge in [0.15, 0.2) is 11.3 Å². The van der Waals surface area contributed by atoms with Crippen LogP contribution in [0.3, 0.4) is 0 Å². The minimum atomic E-state index is -0.298. The molecule has 6 rings (SSSR count). The Hall–Kier alpha value is -4.39. The highest BCUT2D eigenvalue weighted by Crippen LogP contribution is 2.28. The maximum Gasteiger partial charge on any atom is 0.265 e. The van der Waals surface area contributed by atoms with Gasteiger partial charge in [-0.25, -0.2) is 19.3 Å². The summed E-state index contributed by atoms with van der Waals surface area (Å²) in [4.78, 5) is 28.6. The van der Waals surface area contributed by atoms with Crippen molar-refractivity contribution in [2.45, 2.75) is 26.4 Å². The lowest BCUT2D eigenvalue weighted by Gasteiger charge is -2.18.